The van der Waals surface area contributed by atoms with E-state index in [1.807, 2.05) is 12.1 Å². The quantitative estimate of drug-likeness (QED) is 0.381. The second-order valence-electron chi connectivity index (χ2n) is 9.83. The molecule has 2 aliphatic carbocycles. The van der Waals surface area contributed by atoms with E-state index in [0.29, 0.717) is 39.5 Å². The summed E-state index contributed by atoms with van der Waals surface area (Å²) < 4.78 is 12.1. The maximum absolute atomic E-state index is 13.4. The number of halogens is 2. The fraction of sp³-hybridized carbons (Fsp3) is 0.367. The van der Waals surface area contributed by atoms with Crippen LogP contribution in [-0.4, -0.2) is 42.6 Å². The van der Waals surface area contributed by atoms with Crippen molar-refractivity contribution in [2.75, 3.05) is 25.6 Å². The molecule has 1 amide bonds. The molecular formula is C30H30BrClN2O5. The number of hydrogen-bond donors (Lipinski definition) is 1. The van der Waals surface area contributed by atoms with Crippen LogP contribution in [-0.2, 0) is 14.4 Å². The number of ether oxygens (including phenoxy) is 2. The number of carbonyl (C=O) groups is 3. The molecule has 2 aromatic carbocycles. The fourth-order valence-electron chi connectivity index (χ4n) is 5.85. The molecule has 0 saturated heterocycles. The highest BCUT2D eigenvalue weighted by Crippen LogP contribution is 2.51. The van der Waals surface area contributed by atoms with Crippen LogP contribution in [0.15, 0.2) is 63.4 Å². The number of allylic oxidation sites excluding steroid dienone is 4. The number of amides is 1. The van der Waals surface area contributed by atoms with Gasteiger partial charge in [-0.15, -0.1) is 0 Å². The molecule has 0 radical (unpaired) electrons. The van der Waals surface area contributed by atoms with E-state index in [0.717, 1.165) is 60.3 Å². The number of benzene rings is 2. The van der Waals surface area contributed by atoms with Gasteiger partial charge in [-0.2, -0.15) is 0 Å². The summed E-state index contributed by atoms with van der Waals surface area (Å²) in [6.07, 6.45) is 4.22. The Kier molecular flexibility index (Phi) is 8.14. The molecule has 204 valence electrons. The Morgan fingerprint density at radius 2 is 1.64 bits per heavy atom. The Morgan fingerprint density at radius 3 is 2.21 bits per heavy atom. The predicted molar refractivity (Wildman–Crippen MR) is 153 cm³/mol. The lowest BCUT2D eigenvalue weighted by Gasteiger charge is -2.43. The summed E-state index contributed by atoms with van der Waals surface area (Å²) in [5.74, 6) is 0.176. The molecule has 1 N–H and O–H groups in total. The van der Waals surface area contributed by atoms with E-state index in [1.54, 1.807) is 24.3 Å². The first-order valence-corrected chi connectivity index (χ1v) is 14.3. The topological polar surface area (TPSA) is 84.9 Å². The van der Waals surface area contributed by atoms with Crippen molar-refractivity contribution in [2.45, 2.75) is 51.4 Å². The molecule has 9 heteroatoms. The molecule has 1 heterocycles. The highest BCUT2D eigenvalue weighted by molar-refractivity contribution is 9.10. The minimum Gasteiger partial charge on any atom is -0.493 e. The number of nitrogens with zero attached hydrogens (tertiary/aromatic N) is 1. The van der Waals surface area contributed by atoms with Crippen molar-refractivity contribution >= 4 is 50.7 Å². The molecule has 2 aromatic rings. The van der Waals surface area contributed by atoms with Crippen LogP contribution in [0.4, 0.5) is 5.69 Å². The van der Waals surface area contributed by atoms with Crippen molar-refractivity contribution in [3.8, 4) is 11.5 Å². The van der Waals surface area contributed by atoms with Gasteiger partial charge in [0, 0.05) is 58.6 Å². The van der Waals surface area contributed by atoms with Gasteiger partial charge in [0.2, 0.25) is 0 Å². The van der Waals surface area contributed by atoms with Crippen LogP contribution in [0.5, 0.6) is 11.5 Å². The van der Waals surface area contributed by atoms with Gasteiger partial charge in [0.15, 0.2) is 29.7 Å². The number of anilines is 1. The van der Waals surface area contributed by atoms with E-state index in [2.05, 4.69) is 33.1 Å². The molecule has 0 atom stereocenters. The van der Waals surface area contributed by atoms with Crippen molar-refractivity contribution in [1.29, 1.82) is 0 Å². The predicted octanol–water partition coefficient (Wildman–Crippen LogP) is 6.56. The van der Waals surface area contributed by atoms with Crippen molar-refractivity contribution in [3.63, 3.8) is 0 Å². The third-order valence-corrected chi connectivity index (χ3v) is 8.30. The molecule has 3 aliphatic rings. The highest BCUT2D eigenvalue weighted by Gasteiger charge is 2.43. The van der Waals surface area contributed by atoms with Crippen LogP contribution in [0.3, 0.4) is 0 Å². The Morgan fingerprint density at radius 1 is 1.03 bits per heavy atom. The van der Waals surface area contributed by atoms with Crippen molar-refractivity contribution in [2.24, 2.45) is 0 Å². The second kappa shape index (κ2) is 11.6. The van der Waals surface area contributed by atoms with Gasteiger partial charge in [0.1, 0.15) is 0 Å². The van der Waals surface area contributed by atoms with Crippen LogP contribution in [0.25, 0.3) is 0 Å². The van der Waals surface area contributed by atoms with E-state index >= 15 is 0 Å². The first kappa shape index (κ1) is 27.5. The maximum Gasteiger partial charge on any atom is 0.262 e. The lowest BCUT2D eigenvalue weighted by molar-refractivity contribution is -0.118. The summed E-state index contributed by atoms with van der Waals surface area (Å²) in [6, 6.07) is 10.5. The number of carbonyl (C=O) groups excluding carboxylic acids is 3. The molecule has 0 bridgehead atoms. The highest BCUT2D eigenvalue weighted by atomic mass is 79.9. The molecular weight excluding hydrogens is 584 g/mol. The number of rotatable bonds is 7. The lowest BCUT2D eigenvalue weighted by Crippen LogP contribution is -2.39. The van der Waals surface area contributed by atoms with Crippen molar-refractivity contribution in [1.82, 2.24) is 4.90 Å². The summed E-state index contributed by atoms with van der Waals surface area (Å²) in [5, 5.41) is 3.35. The summed E-state index contributed by atoms with van der Waals surface area (Å²) in [6.45, 7) is 2.55. The van der Waals surface area contributed by atoms with E-state index in [9.17, 15) is 14.4 Å². The van der Waals surface area contributed by atoms with E-state index in [-0.39, 0.29) is 24.1 Å². The lowest BCUT2D eigenvalue weighted by atomic mass is 9.71. The van der Waals surface area contributed by atoms with E-state index in [1.165, 1.54) is 7.11 Å². The molecule has 7 nitrogen and oxygen atoms in total. The number of methoxy groups -OCH3 is 1. The average Bonchev–Trinajstić information content (AvgIpc) is 2.92. The molecule has 1 aliphatic heterocycles. The van der Waals surface area contributed by atoms with Crippen LogP contribution in [0, 0.1) is 0 Å². The standard InChI is InChI=1S/C30H30BrClN2O5/c1-3-34-21-6-4-8-23(35)28(21)27(29-22(34)7-5-9-24(29)36)17-14-20(31)30(25(15-17)38-2)39-16-26(37)33-19-12-10-18(32)11-13-19/h10-15,27H,3-9,16H2,1-2H3,(H,33,37). The smallest absolute Gasteiger partial charge is 0.262 e. The molecule has 5 rings (SSSR count). The number of nitrogens with one attached hydrogen (secondary N) is 1. The maximum atomic E-state index is 13.4. The van der Waals surface area contributed by atoms with Gasteiger partial charge in [-0.1, -0.05) is 11.6 Å². The Labute approximate surface area is 241 Å². The molecule has 0 saturated carbocycles. The number of hydrogen-bond acceptors (Lipinski definition) is 6. The zero-order valence-corrected chi connectivity index (χ0v) is 24.3. The summed E-state index contributed by atoms with van der Waals surface area (Å²) in [7, 11) is 1.53. The number of Topliss-reactive ketones (excluding diaryl/α,β-unsaturated/α-hetero) is 2. The molecule has 0 spiro atoms. The van der Waals surface area contributed by atoms with Gasteiger partial charge < -0.3 is 19.7 Å². The normalized spacial score (nSPS) is 17.7. The SMILES string of the molecule is CCN1C2=C(C(=O)CCC2)C(c2cc(Br)c(OCC(=O)Nc3ccc(Cl)cc3)c(OC)c2)C2=C1CCCC2=O. The van der Waals surface area contributed by atoms with Crippen LogP contribution in [0.2, 0.25) is 5.02 Å². The van der Waals surface area contributed by atoms with Gasteiger partial charge in [-0.3, -0.25) is 14.4 Å². The summed E-state index contributed by atoms with van der Waals surface area (Å²) in [4.78, 5) is 41.5. The first-order chi connectivity index (χ1) is 18.8. The van der Waals surface area contributed by atoms with Gasteiger partial charge >= 0.3 is 0 Å². The average molecular weight is 614 g/mol. The Balaban J connectivity index is 1.48. The van der Waals surface area contributed by atoms with Crippen molar-refractivity contribution in [3.05, 3.63) is 74.0 Å². The molecule has 0 aromatic heterocycles. The fourth-order valence-corrected chi connectivity index (χ4v) is 6.55. The van der Waals surface area contributed by atoms with Crippen molar-refractivity contribution < 1.29 is 23.9 Å². The Hall–Kier alpha value is -3.10. The largest absolute Gasteiger partial charge is 0.493 e. The van der Waals surface area contributed by atoms with E-state index < -0.39 is 5.92 Å². The third-order valence-electron chi connectivity index (χ3n) is 7.46. The van der Waals surface area contributed by atoms with Gasteiger partial charge in [0.25, 0.3) is 5.91 Å². The van der Waals surface area contributed by atoms with Gasteiger partial charge in [0.05, 0.1) is 11.6 Å². The number of ketones is 2. The molecule has 39 heavy (non-hydrogen) atoms. The summed E-state index contributed by atoms with van der Waals surface area (Å²) >= 11 is 9.51. The molecule has 0 fully saturated rings. The Bertz CT molecular complexity index is 1350. The molecule has 0 unspecified atom stereocenters. The zero-order chi connectivity index (χ0) is 27.7. The summed E-state index contributed by atoms with van der Waals surface area (Å²) in [5.41, 5.74) is 4.93. The zero-order valence-electron chi connectivity index (χ0n) is 21.9. The van der Waals surface area contributed by atoms with Gasteiger partial charge in [-0.05, 0) is 90.5 Å². The van der Waals surface area contributed by atoms with E-state index in [4.69, 9.17) is 21.1 Å². The third kappa shape index (κ3) is 5.37. The van der Waals surface area contributed by atoms with Crippen LogP contribution >= 0.6 is 27.5 Å². The minimum absolute atomic E-state index is 0.0962. The van der Waals surface area contributed by atoms with Gasteiger partial charge in [-0.25, -0.2) is 0 Å². The second-order valence-corrected chi connectivity index (χ2v) is 11.1. The van der Waals surface area contributed by atoms with Crippen LogP contribution < -0.4 is 14.8 Å². The first-order valence-electron chi connectivity index (χ1n) is 13.2. The van der Waals surface area contributed by atoms with Crippen LogP contribution in [0.1, 0.15) is 56.9 Å². The minimum atomic E-state index is -0.453. The monoisotopic (exact) mass is 612 g/mol.